The summed E-state index contributed by atoms with van der Waals surface area (Å²) in [5, 5.41) is -0.0766. The predicted molar refractivity (Wildman–Crippen MR) is 98.8 cm³/mol. The number of carbonyl (C=O) groups excluding carboxylic acids is 2. The fourth-order valence-electron chi connectivity index (χ4n) is 3.27. The van der Waals surface area contributed by atoms with Crippen LogP contribution in [0.2, 0.25) is 0 Å². The lowest BCUT2D eigenvalue weighted by atomic mass is 9.89. The standard InChI is InChI=1S/C18H20BrNO3S/c1-4-10-18(19)15(22)20-13(17(2,3)24-16(18)20)14(21)23-11-12-8-6-5-7-9-12/h4-9,13,16H,1,10-11H2,2-3H3/t13-,16+,18+/m0/s1. The highest BCUT2D eigenvalue weighted by Crippen LogP contribution is 2.59. The summed E-state index contributed by atoms with van der Waals surface area (Å²) < 4.78 is 4.45. The third kappa shape index (κ3) is 2.69. The maximum absolute atomic E-state index is 12.7. The lowest BCUT2D eigenvalue weighted by Gasteiger charge is -2.49. The number of allylic oxidation sites excluding steroid dienone is 1. The van der Waals surface area contributed by atoms with Crippen molar-refractivity contribution in [3.8, 4) is 0 Å². The number of halogens is 1. The van der Waals surface area contributed by atoms with Crippen molar-refractivity contribution in [2.75, 3.05) is 0 Å². The second kappa shape index (κ2) is 6.23. The monoisotopic (exact) mass is 409 g/mol. The number of thioether (sulfide) groups is 1. The Morgan fingerprint density at radius 1 is 1.42 bits per heavy atom. The van der Waals surface area contributed by atoms with E-state index in [1.807, 2.05) is 44.2 Å². The van der Waals surface area contributed by atoms with Gasteiger partial charge in [0.05, 0.1) is 0 Å². The summed E-state index contributed by atoms with van der Waals surface area (Å²) in [6, 6.07) is 8.98. The molecule has 3 atom stereocenters. The highest BCUT2D eigenvalue weighted by Gasteiger charge is 2.70. The number of amides is 1. The number of esters is 1. The summed E-state index contributed by atoms with van der Waals surface area (Å²) in [5.74, 6) is -0.410. The third-order valence-electron chi connectivity index (χ3n) is 4.47. The minimum Gasteiger partial charge on any atom is -0.459 e. The lowest BCUT2D eigenvalue weighted by Crippen LogP contribution is -2.70. The van der Waals surface area contributed by atoms with Crippen molar-refractivity contribution in [3.05, 3.63) is 48.6 Å². The van der Waals surface area contributed by atoms with Gasteiger partial charge in [0.1, 0.15) is 22.3 Å². The van der Waals surface area contributed by atoms with Gasteiger partial charge in [0.2, 0.25) is 5.91 Å². The van der Waals surface area contributed by atoms with Crippen molar-refractivity contribution in [3.63, 3.8) is 0 Å². The number of rotatable bonds is 5. The molecule has 2 heterocycles. The first-order valence-electron chi connectivity index (χ1n) is 7.82. The summed E-state index contributed by atoms with van der Waals surface area (Å²) in [6.45, 7) is 7.92. The highest BCUT2D eigenvalue weighted by molar-refractivity contribution is 9.10. The molecule has 1 amide bonds. The van der Waals surface area contributed by atoms with Crippen molar-refractivity contribution in [1.82, 2.24) is 4.90 Å². The lowest BCUT2D eigenvalue weighted by molar-refractivity contribution is -0.164. The fourth-order valence-corrected chi connectivity index (χ4v) is 5.84. The summed E-state index contributed by atoms with van der Waals surface area (Å²) >= 11 is 5.20. The number of nitrogens with zero attached hydrogens (tertiary/aromatic N) is 1. The van der Waals surface area contributed by atoms with E-state index in [4.69, 9.17) is 4.74 Å². The van der Waals surface area contributed by atoms with Crippen molar-refractivity contribution in [2.45, 2.75) is 47.4 Å². The van der Waals surface area contributed by atoms with Gasteiger partial charge in [-0.2, -0.15) is 0 Å². The van der Waals surface area contributed by atoms with Gasteiger partial charge in [0.25, 0.3) is 0 Å². The van der Waals surface area contributed by atoms with Crippen molar-refractivity contribution in [2.24, 2.45) is 0 Å². The molecule has 2 fully saturated rings. The molecule has 0 bridgehead atoms. The highest BCUT2D eigenvalue weighted by atomic mass is 79.9. The minimum absolute atomic E-state index is 0.0628. The van der Waals surface area contributed by atoms with Crippen LogP contribution >= 0.6 is 27.7 Å². The number of benzene rings is 1. The summed E-state index contributed by atoms with van der Waals surface area (Å²) in [5.41, 5.74) is 0.933. The van der Waals surface area contributed by atoms with Gasteiger partial charge in [-0.05, 0) is 25.8 Å². The van der Waals surface area contributed by atoms with Crippen LogP contribution in [0.5, 0.6) is 0 Å². The van der Waals surface area contributed by atoms with Crippen LogP contribution in [0.15, 0.2) is 43.0 Å². The second-order valence-electron chi connectivity index (χ2n) is 6.64. The SMILES string of the molecule is C=CC[C@@]1(Br)C(=O)N2[C@@H](C(=O)OCc3ccccc3)C(C)(C)S[C@@H]21. The molecular weight excluding hydrogens is 390 g/mol. The Balaban J connectivity index is 1.74. The quantitative estimate of drug-likeness (QED) is 0.323. The molecule has 2 saturated heterocycles. The maximum atomic E-state index is 12.7. The van der Waals surface area contributed by atoms with Crippen LogP contribution in [0, 0.1) is 0 Å². The van der Waals surface area contributed by atoms with Gasteiger partial charge in [-0.25, -0.2) is 4.79 Å². The Bertz CT molecular complexity index is 678. The van der Waals surface area contributed by atoms with E-state index < -0.39 is 15.1 Å². The molecule has 0 saturated carbocycles. The van der Waals surface area contributed by atoms with Gasteiger partial charge in [-0.1, -0.05) is 52.3 Å². The second-order valence-corrected chi connectivity index (χ2v) is 9.79. The van der Waals surface area contributed by atoms with E-state index in [2.05, 4.69) is 22.5 Å². The van der Waals surface area contributed by atoms with Crippen molar-refractivity contribution < 1.29 is 14.3 Å². The Kier molecular flexibility index (Phi) is 4.55. The van der Waals surface area contributed by atoms with Crippen molar-refractivity contribution in [1.29, 1.82) is 0 Å². The molecule has 128 valence electrons. The normalized spacial score (nSPS) is 30.5. The van der Waals surface area contributed by atoms with Crippen LogP contribution in [-0.4, -0.2) is 37.3 Å². The third-order valence-corrected chi connectivity index (χ3v) is 7.56. The van der Waals surface area contributed by atoms with Crippen LogP contribution in [-0.2, 0) is 20.9 Å². The smallest absolute Gasteiger partial charge is 0.330 e. The molecule has 0 unspecified atom stereocenters. The van der Waals surface area contributed by atoms with Crippen LogP contribution in [0.1, 0.15) is 25.8 Å². The molecule has 4 nitrogen and oxygen atoms in total. The van der Waals surface area contributed by atoms with E-state index in [1.54, 1.807) is 22.7 Å². The van der Waals surface area contributed by atoms with Gasteiger partial charge in [-0.3, -0.25) is 4.79 Å². The molecule has 6 heteroatoms. The van der Waals surface area contributed by atoms with Gasteiger partial charge >= 0.3 is 5.97 Å². The van der Waals surface area contributed by atoms with Gasteiger partial charge in [0.15, 0.2) is 0 Å². The summed E-state index contributed by atoms with van der Waals surface area (Å²) in [4.78, 5) is 27.0. The first-order valence-corrected chi connectivity index (χ1v) is 9.49. The van der Waals surface area contributed by atoms with Gasteiger partial charge in [-0.15, -0.1) is 18.3 Å². The predicted octanol–water partition coefficient (Wildman–Crippen LogP) is 3.50. The zero-order valence-electron chi connectivity index (χ0n) is 13.7. The number of hydrogen-bond donors (Lipinski definition) is 0. The maximum Gasteiger partial charge on any atom is 0.330 e. The number of ether oxygens (including phenoxy) is 1. The molecule has 0 N–H and O–H groups in total. The average Bonchev–Trinajstić information content (AvgIpc) is 2.83. The number of hydrogen-bond acceptors (Lipinski definition) is 4. The Morgan fingerprint density at radius 3 is 2.71 bits per heavy atom. The zero-order chi connectivity index (χ0) is 17.5. The molecule has 0 aliphatic carbocycles. The molecule has 2 aliphatic heterocycles. The Labute approximate surface area is 154 Å². The molecule has 0 aromatic heterocycles. The number of carbonyl (C=O) groups is 2. The van der Waals surface area contributed by atoms with E-state index in [9.17, 15) is 9.59 Å². The minimum atomic E-state index is -0.648. The largest absolute Gasteiger partial charge is 0.459 e. The van der Waals surface area contributed by atoms with Crippen LogP contribution in [0.3, 0.4) is 0 Å². The molecule has 0 spiro atoms. The zero-order valence-corrected chi connectivity index (χ0v) is 16.1. The molecule has 24 heavy (non-hydrogen) atoms. The van der Waals surface area contributed by atoms with E-state index in [0.717, 1.165) is 5.56 Å². The number of alkyl halides is 1. The van der Waals surface area contributed by atoms with Gasteiger partial charge < -0.3 is 9.64 Å². The van der Waals surface area contributed by atoms with Crippen LogP contribution in [0.25, 0.3) is 0 Å². The molecule has 1 aromatic carbocycles. The Morgan fingerprint density at radius 2 is 2.08 bits per heavy atom. The summed E-state index contributed by atoms with van der Waals surface area (Å²) in [7, 11) is 0. The van der Waals surface area contributed by atoms with Crippen molar-refractivity contribution >= 4 is 39.6 Å². The fraction of sp³-hybridized carbons (Fsp3) is 0.444. The first-order chi connectivity index (χ1) is 11.3. The van der Waals surface area contributed by atoms with E-state index in [0.29, 0.717) is 6.42 Å². The average molecular weight is 410 g/mol. The van der Waals surface area contributed by atoms with E-state index in [-0.39, 0.29) is 23.9 Å². The molecule has 3 rings (SSSR count). The molecule has 1 aromatic rings. The number of fused-ring (bicyclic) bond motifs is 1. The topological polar surface area (TPSA) is 46.6 Å². The van der Waals surface area contributed by atoms with E-state index in [1.165, 1.54) is 0 Å². The Hall–Kier alpha value is -1.27. The molecular formula is C18H20BrNO3S. The van der Waals surface area contributed by atoms with Gasteiger partial charge in [0, 0.05) is 4.75 Å². The summed E-state index contributed by atoms with van der Waals surface area (Å²) in [6.07, 6.45) is 2.28. The molecule has 0 radical (unpaired) electrons. The number of β-lactam (4-membered cyclic amide) rings is 1. The van der Waals surface area contributed by atoms with Crippen LogP contribution < -0.4 is 0 Å². The van der Waals surface area contributed by atoms with Crippen LogP contribution in [0.4, 0.5) is 0 Å². The first kappa shape index (κ1) is 17.5. The van der Waals surface area contributed by atoms with E-state index >= 15 is 0 Å². The molecule has 2 aliphatic rings.